The van der Waals surface area contributed by atoms with E-state index in [0.717, 1.165) is 31.9 Å². The third kappa shape index (κ3) is 6.72. The predicted molar refractivity (Wildman–Crippen MR) is 159 cm³/mol. The fraction of sp³-hybridized carbons (Fsp3) is 0.290. The highest BCUT2D eigenvalue weighted by Gasteiger charge is 2.21. The van der Waals surface area contributed by atoms with E-state index in [-0.39, 0.29) is 5.56 Å². The van der Waals surface area contributed by atoms with Crippen LogP contribution in [0.15, 0.2) is 54.6 Å². The molecule has 0 radical (unpaired) electrons. The number of piperazine rings is 1. The first kappa shape index (κ1) is 29.3. The highest BCUT2D eigenvalue weighted by atomic mass is 16.5. The summed E-state index contributed by atoms with van der Waals surface area (Å²) in [5.41, 5.74) is 3.19. The summed E-state index contributed by atoms with van der Waals surface area (Å²) in [4.78, 5) is 29.6. The van der Waals surface area contributed by atoms with Gasteiger partial charge in [-0.3, -0.25) is 4.79 Å². The first-order valence-corrected chi connectivity index (χ1v) is 13.1. The summed E-state index contributed by atoms with van der Waals surface area (Å²) in [6, 6.07) is 13.9. The Balaban J connectivity index is 1.65. The third-order valence-corrected chi connectivity index (χ3v) is 7.01. The molecule has 1 amide bonds. The van der Waals surface area contributed by atoms with Crippen molar-refractivity contribution in [3.8, 4) is 34.1 Å². The van der Waals surface area contributed by atoms with Gasteiger partial charge in [-0.15, -0.1) is 0 Å². The van der Waals surface area contributed by atoms with Crippen LogP contribution in [-0.2, 0) is 4.79 Å². The third-order valence-electron chi connectivity index (χ3n) is 7.01. The van der Waals surface area contributed by atoms with Crippen molar-refractivity contribution in [1.82, 2.24) is 4.90 Å². The minimum Gasteiger partial charge on any atom is -0.496 e. The number of hydrogen-bond acceptors (Lipinski definition) is 8. The van der Waals surface area contributed by atoms with Crippen LogP contribution < -0.4 is 29.2 Å². The molecule has 10 heteroatoms. The molecule has 1 heterocycles. The summed E-state index contributed by atoms with van der Waals surface area (Å²) in [6.45, 7) is 3.52. The van der Waals surface area contributed by atoms with E-state index in [1.54, 1.807) is 49.6 Å². The standard InChI is InChI=1S/C31H35N3O7/c1-33-12-14-34(15-13-33)21-7-8-23(31(36)37)25(17-21)26-16-20(6-10-27(26)39-3)32-30(35)11-9-24-28(40-4)18-22(38-2)19-29(24)41-5/h6-11,16-19H,12-15H2,1-5H3,(H,32,35)(H,36,37). The second-order valence-corrected chi connectivity index (χ2v) is 9.51. The monoisotopic (exact) mass is 561 g/mol. The molecule has 1 aliphatic heterocycles. The zero-order chi connectivity index (χ0) is 29.5. The van der Waals surface area contributed by atoms with Crippen LogP contribution in [-0.4, -0.2) is 83.5 Å². The molecule has 41 heavy (non-hydrogen) atoms. The molecule has 0 bridgehead atoms. The molecule has 3 aromatic rings. The van der Waals surface area contributed by atoms with Crippen LogP contribution >= 0.6 is 0 Å². The molecule has 4 rings (SSSR count). The molecule has 3 aromatic carbocycles. The van der Waals surface area contributed by atoms with E-state index in [0.29, 0.717) is 45.4 Å². The number of carbonyl (C=O) groups is 2. The van der Waals surface area contributed by atoms with Gasteiger partial charge in [-0.25, -0.2) is 4.79 Å². The number of benzene rings is 3. The molecule has 0 aliphatic carbocycles. The number of carboxylic acid groups (broad SMARTS) is 1. The van der Waals surface area contributed by atoms with Crippen LogP contribution in [0.3, 0.4) is 0 Å². The van der Waals surface area contributed by atoms with Crippen LogP contribution in [0.4, 0.5) is 11.4 Å². The Morgan fingerprint density at radius 2 is 1.46 bits per heavy atom. The number of amides is 1. The van der Waals surface area contributed by atoms with Crippen molar-refractivity contribution < 1.29 is 33.6 Å². The second-order valence-electron chi connectivity index (χ2n) is 9.51. The van der Waals surface area contributed by atoms with Gasteiger partial charge < -0.3 is 39.2 Å². The number of carbonyl (C=O) groups excluding carboxylic acids is 1. The van der Waals surface area contributed by atoms with E-state index < -0.39 is 11.9 Å². The van der Waals surface area contributed by atoms with Crippen molar-refractivity contribution in [2.24, 2.45) is 0 Å². The van der Waals surface area contributed by atoms with Crippen molar-refractivity contribution in [3.05, 3.63) is 65.7 Å². The number of aromatic carboxylic acids is 1. The molecule has 2 N–H and O–H groups in total. The molecule has 10 nitrogen and oxygen atoms in total. The van der Waals surface area contributed by atoms with Gasteiger partial charge in [-0.2, -0.15) is 0 Å². The summed E-state index contributed by atoms with van der Waals surface area (Å²) in [6.07, 6.45) is 2.96. The zero-order valence-electron chi connectivity index (χ0n) is 23.9. The van der Waals surface area contributed by atoms with E-state index in [1.165, 1.54) is 27.4 Å². The molecule has 1 fully saturated rings. The van der Waals surface area contributed by atoms with Gasteiger partial charge in [-0.1, -0.05) is 0 Å². The Bertz CT molecular complexity index is 1420. The Labute approximate surface area is 239 Å². The molecule has 0 aromatic heterocycles. The Morgan fingerprint density at radius 1 is 0.805 bits per heavy atom. The number of nitrogens with one attached hydrogen (secondary N) is 1. The topological polar surface area (TPSA) is 110 Å². The second kappa shape index (κ2) is 13.1. The molecular formula is C31H35N3O7. The Kier molecular flexibility index (Phi) is 9.36. The van der Waals surface area contributed by atoms with Gasteiger partial charge in [0.2, 0.25) is 5.91 Å². The largest absolute Gasteiger partial charge is 0.496 e. The maximum absolute atomic E-state index is 12.9. The number of ether oxygens (including phenoxy) is 4. The molecule has 0 atom stereocenters. The van der Waals surface area contributed by atoms with E-state index in [9.17, 15) is 14.7 Å². The van der Waals surface area contributed by atoms with Crippen molar-refractivity contribution >= 4 is 29.3 Å². The molecular weight excluding hydrogens is 526 g/mol. The lowest BCUT2D eigenvalue weighted by Crippen LogP contribution is -2.44. The number of anilines is 2. The summed E-state index contributed by atoms with van der Waals surface area (Å²) < 4.78 is 21.8. The maximum atomic E-state index is 12.9. The van der Waals surface area contributed by atoms with E-state index in [2.05, 4.69) is 22.2 Å². The molecule has 0 spiro atoms. The molecule has 0 unspecified atom stereocenters. The number of carboxylic acids is 1. The number of nitrogens with zero attached hydrogens (tertiary/aromatic N) is 2. The van der Waals surface area contributed by atoms with Gasteiger partial charge in [0.05, 0.1) is 39.6 Å². The van der Waals surface area contributed by atoms with Crippen LogP contribution in [0.1, 0.15) is 15.9 Å². The highest BCUT2D eigenvalue weighted by Crippen LogP contribution is 2.38. The summed E-state index contributed by atoms with van der Waals surface area (Å²) >= 11 is 0. The van der Waals surface area contributed by atoms with Crippen LogP contribution in [0.25, 0.3) is 17.2 Å². The van der Waals surface area contributed by atoms with Crippen molar-refractivity contribution in [1.29, 1.82) is 0 Å². The van der Waals surface area contributed by atoms with E-state index >= 15 is 0 Å². The maximum Gasteiger partial charge on any atom is 0.336 e. The van der Waals surface area contributed by atoms with Crippen molar-refractivity contribution in [2.75, 3.05) is 71.9 Å². The van der Waals surface area contributed by atoms with Gasteiger partial charge in [0, 0.05) is 66.9 Å². The average Bonchev–Trinajstić information content (AvgIpc) is 2.99. The van der Waals surface area contributed by atoms with Gasteiger partial charge in [0.1, 0.15) is 23.0 Å². The molecule has 1 aliphatic rings. The fourth-order valence-electron chi connectivity index (χ4n) is 4.74. The normalized spacial score (nSPS) is 13.6. The first-order chi connectivity index (χ1) is 19.8. The highest BCUT2D eigenvalue weighted by molar-refractivity contribution is 6.03. The zero-order valence-corrected chi connectivity index (χ0v) is 23.9. The lowest BCUT2D eigenvalue weighted by Gasteiger charge is -2.34. The number of rotatable bonds is 10. The Hall–Kier alpha value is -4.70. The smallest absolute Gasteiger partial charge is 0.336 e. The Morgan fingerprint density at radius 3 is 2.05 bits per heavy atom. The van der Waals surface area contributed by atoms with E-state index in [4.69, 9.17) is 18.9 Å². The van der Waals surface area contributed by atoms with Gasteiger partial charge in [0.15, 0.2) is 0 Å². The van der Waals surface area contributed by atoms with Gasteiger partial charge in [0.25, 0.3) is 0 Å². The molecule has 1 saturated heterocycles. The minimum absolute atomic E-state index is 0.142. The number of likely N-dealkylation sites (N-methyl/N-ethyl adjacent to an activating group) is 1. The van der Waals surface area contributed by atoms with Crippen LogP contribution in [0.2, 0.25) is 0 Å². The molecule has 0 saturated carbocycles. The summed E-state index contributed by atoms with van der Waals surface area (Å²) in [5.74, 6) is 0.571. The minimum atomic E-state index is -1.05. The number of methoxy groups -OCH3 is 4. The van der Waals surface area contributed by atoms with Gasteiger partial charge >= 0.3 is 5.97 Å². The van der Waals surface area contributed by atoms with Crippen LogP contribution in [0, 0.1) is 0 Å². The first-order valence-electron chi connectivity index (χ1n) is 13.1. The molecule has 216 valence electrons. The SMILES string of the molecule is COc1cc(OC)c(C=CC(=O)Nc2ccc(OC)c(-c3cc(N4CCN(C)CC4)ccc3C(=O)O)c2)c(OC)c1. The summed E-state index contributed by atoms with van der Waals surface area (Å²) in [5, 5.41) is 12.8. The summed E-state index contributed by atoms with van der Waals surface area (Å²) in [7, 11) is 8.20. The van der Waals surface area contributed by atoms with Crippen molar-refractivity contribution in [3.63, 3.8) is 0 Å². The van der Waals surface area contributed by atoms with E-state index in [1.807, 2.05) is 12.1 Å². The lowest BCUT2D eigenvalue weighted by molar-refractivity contribution is -0.111. The van der Waals surface area contributed by atoms with Crippen LogP contribution in [0.5, 0.6) is 23.0 Å². The van der Waals surface area contributed by atoms with Crippen molar-refractivity contribution in [2.45, 2.75) is 0 Å². The fourth-order valence-corrected chi connectivity index (χ4v) is 4.74. The quantitative estimate of drug-likeness (QED) is 0.346. The van der Waals surface area contributed by atoms with Gasteiger partial charge in [-0.05, 0) is 49.5 Å². The predicted octanol–water partition coefficient (Wildman–Crippen LogP) is 4.49. The average molecular weight is 562 g/mol. The number of hydrogen-bond donors (Lipinski definition) is 2. The lowest BCUT2D eigenvalue weighted by atomic mass is 9.97.